The number of benzene rings is 3. The van der Waals surface area contributed by atoms with Crippen molar-refractivity contribution in [1.29, 1.82) is 0 Å². The summed E-state index contributed by atoms with van der Waals surface area (Å²) in [5.41, 5.74) is -1.03. The molecule has 0 aliphatic carbocycles. The molecule has 35 heavy (non-hydrogen) atoms. The number of halogens is 5. The van der Waals surface area contributed by atoms with Crippen LogP contribution in [0.3, 0.4) is 0 Å². The zero-order valence-corrected chi connectivity index (χ0v) is 22.3. The van der Waals surface area contributed by atoms with E-state index in [0.29, 0.717) is 37.0 Å². The fraction of sp³-hybridized carbons (Fsp3) is 0.0435. The van der Waals surface area contributed by atoms with Crippen molar-refractivity contribution in [3.05, 3.63) is 109 Å². The minimum atomic E-state index is -4.81. The molecule has 0 bridgehead atoms. The first-order valence-corrected chi connectivity index (χ1v) is 14.2. The number of rotatable bonds is 7. The Morgan fingerprint density at radius 3 is 1.57 bits per heavy atom. The lowest BCUT2D eigenvalue weighted by Gasteiger charge is -2.21. The van der Waals surface area contributed by atoms with Crippen LogP contribution in [0, 0.1) is 0 Å². The third-order valence-electron chi connectivity index (χ3n) is 4.41. The van der Waals surface area contributed by atoms with Crippen molar-refractivity contribution in [2.75, 3.05) is 3.71 Å². The van der Waals surface area contributed by atoms with Gasteiger partial charge in [0.2, 0.25) is 0 Å². The van der Waals surface area contributed by atoms with E-state index in [1.54, 1.807) is 48.5 Å². The summed E-state index contributed by atoms with van der Waals surface area (Å²) in [6.45, 7) is 0. The molecule has 0 saturated heterocycles. The smallest absolute Gasteiger partial charge is 0.201 e. The molecule has 0 N–H and O–H groups in total. The summed E-state index contributed by atoms with van der Waals surface area (Å²) in [5, 5.41) is 1.25. The SMILES string of the molecule is O=S(=O)(/C=C/c1cccc(Br)c1)N(c1cccc(C(F)(F)F)c1)S(=O)(=O)/C=C/c1cccc(Br)c1. The molecule has 3 rings (SSSR count). The summed E-state index contributed by atoms with van der Waals surface area (Å²) in [5.74, 6) is 0. The van der Waals surface area contributed by atoms with Crippen LogP contribution in [0.5, 0.6) is 0 Å². The van der Waals surface area contributed by atoms with Gasteiger partial charge in [-0.25, -0.2) is 16.8 Å². The Morgan fingerprint density at radius 1 is 0.686 bits per heavy atom. The van der Waals surface area contributed by atoms with Crippen LogP contribution in [-0.4, -0.2) is 16.8 Å². The summed E-state index contributed by atoms with van der Waals surface area (Å²) < 4.78 is 93.9. The second-order valence-electron chi connectivity index (χ2n) is 7.05. The van der Waals surface area contributed by atoms with Gasteiger partial charge in [-0.15, -0.1) is 0 Å². The first kappa shape index (κ1) is 27.2. The number of anilines is 1. The van der Waals surface area contributed by atoms with E-state index in [-0.39, 0.29) is 3.71 Å². The molecule has 12 heteroatoms. The Morgan fingerprint density at radius 2 is 1.14 bits per heavy atom. The Bertz CT molecular complexity index is 1420. The topological polar surface area (TPSA) is 71.5 Å². The van der Waals surface area contributed by atoms with Crippen LogP contribution in [-0.2, 0) is 26.2 Å². The zero-order valence-electron chi connectivity index (χ0n) is 17.5. The van der Waals surface area contributed by atoms with E-state index >= 15 is 0 Å². The number of sulfonamides is 2. The van der Waals surface area contributed by atoms with Gasteiger partial charge in [0, 0.05) is 8.95 Å². The van der Waals surface area contributed by atoms with Crippen LogP contribution < -0.4 is 3.71 Å². The number of nitrogens with zero attached hydrogens (tertiary/aromatic N) is 1. The molecule has 0 atom stereocenters. The Balaban J connectivity index is 2.13. The van der Waals surface area contributed by atoms with E-state index in [0.717, 1.165) is 30.4 Å². The van der Waals surface area contributed by atoms with Gasteiger partial charge in [-0.2, -0.15) is 16.9 Å². The lowest BCUT2D eigenvalue weighted by molar-refractivity contribution is -0.137. The highest BCUT2D eigenvalue weighted by molar-refractivity contribution is 9.10. The van der Waals surface area contributed by atoms with Crippen LogP contribution in [0.4, 0.5) is 18.9 Å². The second kappa shape index (κ2) is 10.7. The molecular formula is C23H16Br2F3NO4S2. The van der Waals surface area contributed by atoms with E-state index in [1.807, 2.05) is 0 Å². The van der Waals surface area contributed by atoms with E-state index < -0.39 is 37.5 Å². The molecule has 0 unspecified atom stereocenters. The summed E-state index contributed by atoms with van der Waals surface area (Å²) >= 11 is 6.49. The van der Waals surface area contributed by atoms with E-state index in [9.17, 15) is 30.0 Å². The molecule has 0 aliphatic rings. The largest absolute Gasteiger partial charge is 0.416 e. The quantitative estimate of drug-likeness (QED) is 0.275. The van der Waals surface area contributed by atoms with Gasteiger partial charge in [0.1, 0.15) is 0 Å². The number of alkyl halides is 3. The average Bonchev–Trinajstić information content (AvgIpc) is 2.76. The second-order valence-corrected chi connectivity index (χ2v) is 12.4. The lowest BCUT2D eigenvalue weighted by atomic mass is 10.2. The molecule has 0 radical (unpaired) electrons. The third-order valence-corrected chi connectivity index (χ3v) is 8.95. The highest BCUT2D eigenvalue weighted by atomic mass is 79.9. The van der Waals surface area contributed by atoms with Crippen molar-refractivity contribution in [3.8, 4) is 0 Å². The van der Waals surface area contributed by atoms with Gasteiger partial charge in [-0.05, 0) is 65.7 Å². The van der Waals surface area contributed by atoms with Gasteiger partial charge in [0.15, 0.2) is 0 Å². The molecular weight excluding hydrogens is 635 g/mol. The van der Waals surface area contributed by atoms with Crippen molar-refractivity contribution < 1.29 is 30.0 Å². The minimum Gasteiger partial charge on any atom is -0.201 e. The van der Waals surface area contributed by atoms with Gasteiger partial charge in [0.25, 0.3) is 20.0 Å². The maximum Gasteiger partial charge on any atom is 0.416 e. The van der Waals surface area contributed by atoms with Crippen molar-refractivity contribution in [2.45, 2.75) is 6.18 Å². The van der Waals surface area contributed by atoms with Crippen molar-refractivity contribution in [1.82, 2.24) is 0 Å². The van der Waals surface area contributed by atoms with Crippen molar-refractivity contribution >= 4 is 69.7 Å². The van der Waals surface area contributed by atoms with Crippen LogP contribution in [0.2, 0.25) is 0 Å². The summed E-state index contributed by atoms with van der Waals surface area (Å²) in [6, 6.07) is 16.1. The van der Waals surface area contributed by atoms with Gasteiger partial charge in [-0.3, -0.25) is 0 Å². The molecule has 0 aliphatic heterocycles. The Labute approximate surface area is 218 Å². The van der Waals surface area contributed by atoms with Crippen molar-refractivity contribution in [2.24, 2.45) is 0 Å². The molecule has 0 spiro atoms. The predicted molar refractivity (Wildman–Crippen MR) is 138 cm³/mol. The normalized spacial score (nSPS) is 12.9. The third kappa shape index (κ3) is 7.29. The van der Waals surface area contributed by atoms with Gasteiger partial charge < -0.3 is 0 Å². The molecule has 0 heterocycles. The molecule has 0 amide bonds. The molecule has 184 valence electrons. The minimum absolute atomic E-state index is 0.0296. The number of hydrogen-bond donors (Lipinski definition) is 0. The number of hydrogen-bond acceptors (Lipinski definition) is 4. The van der Waals surface area contributed by atoms with Crippen molar-refractivity contribution in [3.63, 3.8) is 0 Å². The maximum absolute atomic E-state index is 13.3. The highest BCUT2D eigenvalue weighted by Gasteiger charge is 2.35. The van der Waals surface area contributed by atoms with Crippen LogP contribution in [0.1, 0.15) is 16.7 Å². The summed E-state index contributed by atoms with van der Waals surface area (Å²) in [7, 11) is -9.59. The van der Waals surface area contributed by atoms with Crippen LogP contribution >= 0.6 is 31.9 Å². The standard InChI is InChI=1S/C23H16Br2F3NO4S2/c24-20-7-1-4-17(14-20)10-12-34(30,31)29(22-9-3-6-19(16-22)23(26,27)28)35(32,33)13-11-18-5-2-8-21(25)15-18/h1-16H/b12-10+,13-11+. The predicted octanol–water partition coefficient (Wildman–Crippen LogP) is 7.04. The average molecular weight is 651 g/mol. The molecule has 5 nitrogen and oxygen atoms in total. The molecule has 3 aromatic rings. The van der Waals surface area contributed by atoms with Crippen LogP contribution in [0.25, 0.3) is 12.2 Å². The van der Waals surface area contributed by atoms with Gasteiger partial charge in [-0.1, -0.05) is 62.2 Å². The summed E-state index contributed by atoms with van der Waals surface area (Å²) in [6.07, 6.45) is -2.52. The van der Waals surface area contributed by atoms with E-state index in [4.69, 9.17) is 0 Å². The first-order chi connectivity index (χ1) is 16.3. The summed E-state index contributed by atoms with van der Waals surface area (Å²) in [4.78, 5) is 0. The van der Waals surface area contributed by atoms with E-state index in [1.165, 1.54) is 0 Å². The lowest BCUT2D eigenvalue weighted by Crippen LogP contribution is -2.34. The van der Waals surface area contributed by atoms with Gasteiger partial charge >= 0.3 is 6.18 Å². The first-order valence-electron chi connectivity index (χ1n) is 9.63. The fourth-order valence-corrected chi connectivity index (χ4v) is 6.88. The highest BCUT2D eigenvalue weighted by Crippen LogP contribution is 2.34. The monoisotopic (exact) mass is 649 g/mol. The van der Waals surface area contributed by atoms with Gasteiger partial charge in [0.05, 0.1) is 22.1 Å². The van der Waals surface area contributed by atoms with E-state index in [2.05, 4.69) is 31.9 Å². The zero-order chi connectivity index (χ0) is 25.9. The fourth-order valence-electron chi connectivity index (χ4n) is 2.89. The Hall–Kier alpha value is -2.41. The molecule has 0 saturated carbocycles. The molecule has 3 aromatic carbocycles. The maximum atomic E-state index is 13.3. The van der Waals surface area contributed by atoms with Crippen LogP contribution in [0.15, 0.2) is 92.6 Å². The molecule has 0 aromatic heterocycles. The Kier molecular flexibility index (Phi) is 8.30. The molecule has 0 fully saturated rings.